The van der Waals surface area contributed by atoms with Crippen LogP contribution in [0.5, 0.6) is 5.75 Å². The highest BCUT2D eigenvalue weighted by Crippen LogP contribution is 2.25. The molecule has 0 aliphatic heterocycles. The van der Waals surface area contributed by atoms with E-state index in [4.69, 9.17) is 16.3 Å². The van der Waals surface area contributed by atoms with Crippen LogP contribution in [-0.2, 0) is 19.6 Å². The Morgan fingerprint density at radius 2 is 1.74 bits per heavy atom. The number of ether oxygens (including phenoxy) is 1. The number of ketones is 1. The van der Waals surface area contributed by atoms with Gasteiger partial charge in [-0.1, -0.05) is 60.1 Å². The Balaban J connectivity index is 1.47. The highest BCUT2D eigenvalue weighted by atomic mass is 35.5. The molecule has 0 radical (unpaired) electrons. The summed E-state index contributed by atoms with van der Waals surface area (Å²) in [6, 6.07) is 23.2. The van der Waals surface area contributed by atoms with Crippen LogP contribution in [0.1, 0.15) is 27.2 Å². The van der Waals surface area contributed by atoms with Crippen molar-refractivity contribution in [3.63, 3.8) is 0 Å². The molecule has 6 heteroatoms. The van der Waals surface area contributed by atoms with Gasteiger partial charge in [0.1, 0.15) is 23.9 Å². The number of Topliss-reactive ketones (excluding diaryl/α,β-unsaturated/α-hetero) is 1. The lowest BCUT2D eigenvalue weighted by atomic mass is 10.1. The number of halogens is 2. The normalized spacial score (nSPS) is 10.8. The molecular formula is C25H20ClFN2O2. The van der Waals surface area contributed by atoms with Crippen molar-refractivity contribution in [2.75, 3.05) is 0 Å². The number of carbonyl (C=O) groups excluding carboxylic acids is 1. The van der Waals surface area contributed by atoms with Crippen LogP contribution in [0.4, 0.5) is 4.39 Å². The Hall–Kier alpha value is -3.44. The fraction of sp³-hybridized carbons (Fsp3) is 0.120. The number of rotatable bonds is 8. The molecule has 0 saturated heterocycles. The van der Waals surface area contributed by atoms with Crippen LogP contribution in [0, 0.1) is 5.82 Å². The summed E-state index contributed by atoms with van der Waals surface area (Å²) in [5, 5.41) is 4.95. The molecule has 0 N–H and O–H groups in total. The molecule has 0 unspecified atom stereocenters. The molecule has 0 fully saturated rings. The van der Waals surface area contributed by atoms with E-state index in [9.17, 15) is 9.18 Å². The minimum absolute atomic E-state index is 0.0354. The monoisotopic (exact) mass is 434 g/mol. The average molecular weight is 435 g/mol. The molecule has 4 rings (SSSR count). The standard InChI is InChI=1S/C25H20ClFN2O2/c26-21-10-11-25(31-17-18-6-2-1-3-7-18)20(14-21)16-29-13-12-23(28-29)24(30)15-19-8-4-5-9-22(19)27/h1-14H,15-17H2. The van der Waals surface area contributed by atoms with Crippen molar-refractivity contribution >= 4 is 17.4 Å². The van der Waals surface area contributed by atoms with Crippen LogP contribution in [0.2, 0.25) is 5.02 Å². The molecule has 0 atom stereocenters. The van der Waals surface area contributed by atoms with Crippen molar-refractivity contribution in [1.29, 1.82) is 0 Å². The summed E-state index contributed by atoms with van der Waals surface area (Å²) < 4.78 is 21.5. The minimum Gasteiger partial charge on any atom is -0.489 e. The van der Waals surface area contributed by atoms with E-state index in [0.717, 1.165) is 11.1 Å². The SMILES string of the molecule is O=C(Cc1ccccc1F)c1ccn(Cc2cc(Cl)ccc2OCc2ccccc2)n1. The maximum atomic E-state index is 13.8. The van der Waals surface area contributed by atoms with Gasteiger partial charge in [-0.25, -0.2) is 4.39 Å². The van der Waals surface area contributed by atoms with Crippen LogP contribution in [-0.4, -0.2) is 15.6 Å². The maximum absolute atomic E-state index is 13.8. The summed E-state index contributed by atoms with van der Waals surface area (Å²) in [5.74, 6) is 0.0629. The first-order valence-corrected chi connectivity index (χ1v) is 10.2. The third-order valence-corrected chi connectivity index (χ3v) is 5.06. The second kappa shape index (κ2) is 9.58. The van der Waals surface area contributed by atoms with Gasteiger partial charge < -0.3 is 4.74 Å². The number of hydrogen-bond donors (Lipinski definition) is 0. The van der Waals surface area contributed by atoms with E-state index in [2.05, 4.69) is 5.10 Å². The van der Waals surface area contributed by atoms with E-state index in [1.165, 1.54) is 6.07 Å². The molecule has 1 heterocycles. The summed E-state index contributed by atoms with van der Waals surface area (Å²) >= 11 is 6.19. The molecule has 0 amide bonds. The fourth-order valence-corrected chi connectivity index (χ4v) is 3.42. The van der Waals surface area contributed by atoms with Crippen molar-refractivity contribution in [2.45, 2.75) is 19.6 Å². The van der Waals surface area contributed by atoms with E-state index < -0.39 is 5.82 Å². The van der Waals surface area contributed by atoms with Crippen LogP contribution < -0.4 is 4.74 Å². The van der Waals surface area contributed by atoms with Gasteiger partial charge in [-0.3, -0.25) is 9.48 Å². The Kier molecular flexibility index (Phi) is 6.43. The number of carbonyl (C=O) groups is 1. The summed E-state index contributed by atoms with van der Waals surface area (Å²) in [4.78, 5) is 12.5. The van der Waals surface area contributed by atoms with Crippen molar-refractivity contribution < 1.29 is 13.9 Å². The number of benzene rings is 3. The maximum Gasteiger partial charge on any atom is 0.187 e. The van der Waals surface area contributed by atoms with Gasteiger partial charge in [-0.2, -0.15) is 5.10 Å². The van der Waals surface area contributed by atoms with Crippen LogP contribution in [0.25, 0.3) is 0 Å². The van der Waals surface area contributed by atoms with Gasteiger partial charge in [0.2, 0.25) is 0 Å². The topological polar surface area (TPSA) is 44.1 Å². The molecular weight excluding hydrogens is 415 g/mol. The first-order chi connectivity index (χ1) is 15.1. The summed E-state index contributed by atoms with van der Waals surface area (Å²) in [7, 11) is 0. The first kappa shape index (κ1) is 20.8. The Morgan fingerprint density at radius 1 is 0.968 bits per heavy atom. The molecule has 3 aromatic carbocycles. The number of nitrogens with zero attached hydrogens (tertiary/aromatic N) is 2. The zero-order valence-electron chi connectivity index (χ0n) is 16.7. The van der Waals surface area contributed by atoms with E-state index in [1.54, 1.807) is 41.2 Å². The third kappa shape index (κ3) is 5.38. The molecule has 31 heavy (non-hydrogen) atoms. The predicted octanol–water partition coefficient (Wildman–Crippen LogP) is 5.73. The first-order valence-electron chi connectivity index (χ1n) is 9.84. The lowest BCUT2D eigenvalue weighted by Gasteiger charge is -2.12. The highest BCUT2D eigenvalue weighted by molar-refractivity contribution is 6.30. The fourth-order valence-electron chi connectivity index (χ4n) is 3.23. The quantitative estimate of drug-likeness (QED) is 0.333. The number of aromatic nitrogens is 2. The van der Waals surface area contributed by atoms with E-state index in [0.29, 0.717) is 29.5 Å². The summed E-state index contributed by atoms with van der Waals surface area (Å²) in [5.41, 5.74) is 2.55. The average Bonchev–Trinajstić information content (AvgIpc) is 3.24. The summed E-state index contributed by atoms with van der Waals surface area (Å²) in [6.45, 7) is 0.818. The van der Waals surface area contributed by atoms with Gasteiger partial charge in [-0.05, 0) is 41.5 Å². The van der Waals surface area contributed by atoms with Crippen molar-refractivity contribution in [3.8, 4) is 5.75 Å². The van der Waals surface area contributed by atoms with Crippen molar-refractivity contribution in [1.82, 2.24) is 9.78 Å². The highest BCUT2D eigenvalue weighted by Gasteiger charge is 2.14. The van der Waals surface area contributed by atoms with Gasteiger partial charge in [0.25, 0.3) is 0 Å². The van der Waals surface area contributed by atoms with Gasteiger partial charge in [0, 0.05) is 23.2 Å². The van der Waals surface area contributed by atoms with Crippen molar-refractivity contribution in [2.24, 2.45) is 0 Å². The molecule has 0 bridgehead atoms. The van der Waals surface area contributed by atoms with Crippen LogP contribution >= 0.6 is 11.6 Å². The predicted molar refractivity (Wildman–Crippen MR) is 118 cm³/mol. The molecule has 0 saturated carbocycles. The van der Waals surface area contributed by atoms with E-state index in [1.807, 2.05) is 42.5 Å². The van der Waals surface area contributed by atoms with Crippen LogP contribution in [0.3, 0.4) is 0 Å². The minimum atomic E-state index is -0.394. The molecule has 0 aliphatic rings. The number of hydrogen-bond acceptors (Lipinski definition) is 3. The molecule has 156 valence electrons. The lowest BCUT2D eigenvalue weighted by molar-refractivity contribution is 0.0986. The zero-order valence-corrected chi connectivity index (χ0v) is 17.4. The zero-order chi connectivity index (χ0) is 21.6. The smallest absolute Gasteiger partial charge is 0.187 e. The molecule has 1 aromatic heterocycles. The Morgan fingerprint density at radius 3 is 2.55 bits per heavy atom. The third-order valence-electron chi connectivity index (χ3n) is 4.83. The van der Waals surface area contributed by atoms with E-state index in [-0.39, 0.29) is 17.9 Å². The Labute approximate surface area is 184 Å². The van der Waals surface area contributed by atoms with Gasteiger partial charge in [-0.15, -0.1) is 0 Å². The largest absolute Gasteiger partial charge is 0.489 e. The molecule has 4 nitrogen and oxygen atoms in total. The lowest BCUT2D eigenvalue weighted by Crippen LogP contribution is -2.09. The second-order valence-corrected chi connectivity index (χ2v) is 7.55. The van der Waals surface area contributed by atoms with Crippen molar-refractivity contribution in [3.05, 3.63) is 118 Å². The molecule has 0 spiro atoms. The van der Waals surface area contributed by atoms with Gasteiger partial charge >= 0.3 is 0 Å². The van der Waals surface area contributed by atoms with Gasteiger partial charge in [0.05, 0.1) is 6.54 Å². The van der Waals surface area contributed by atoms with Gasteiger partial charge in [0.15, 0.2) is 5.78 Å². The summed E-state index contributed by atoms with van der Waals surface area (Å²) in [6.07, 6.45) is 1.68. The molecule has 0 aliphatic carbocycles. The molecule has 4 aromatic rings. The second-order valence-electron chi connectivity index (χ2n) is 7.12. The van der Waals surface area contributed by atoms with E-state index >= 15 is 0 Å². The van der Waals surface area contributed by atoms with Crippen LogP contribution in [0.15, 0.2) is 85.1 Å². The Bertz CT molecular complexity index is 1190.